The van der Waals surface area contributed by atoms with Gasteiger partial charge in [-0.15, -0.1) is 6.58 Å². The van der Waals surface area contributed by atoms with Gasteiger partial charge in [-0.1, -0.05) is 29.8 Å². The maximum Gasteiger partial charge on any atom is 0.284 e. The summed E-state index contributed by atoms with van der Waals surface area (Å²) in [6, 6.07) is 1.11. The molecule has 10 heteroatoms. The van der Waals surface area contributed by atoms with Crippen molar-refractivity contribution in [3.63, 3.8) is 0 Å². The number of aromatic nitrogens is 5. The highest BCUT2D eigenvalue weighted by Crippen LogP contribution is 2.26. The number of ketones is 1. The van der Waals surface area contributed by atoms with Gasteiger partial charge in [0.15, 0.2) is 11.6 Å². The van der Waals surface area contributed by atoms with Crippen LogP contribution >= 0.6 is 11.6 Å². The van der Waals surface area contributed by atoms with Gasteiger partial charge in [0, 0.05) is 18.9 Å². The third-order valence-corrected chi connectivity index (χ3v) is 5.29. The Bertz CT molecular complexity index is 1320. The predicted molar refractivity (Wildman–Crippen MR) is 132 cm³/mol. The molecule has 0 amide bonds. The van der Waals surface area contributed by atoms with E-state index in [1.807, 2.05) is 32.1 Å². The van der Waals surface area contributed by atoms with E-state index in [1.54, 1.807) is 25.4 Å². The largest absolute Gasteiger partial charge is 0.372 e. The van der Waals surface area contributed by atoms with Crippen molar-refractivity contribution >= 4 is 40.2 Å². The second kappa shape index (κ2) is 10.3. The van der Waals surface area contributed by atoms with Crippen molar-refractivity contribution in [2.24, 2.45) is 0 Å². The lowest BCUT2D eigenvalue weighted by Crippen LogP contribution is -2.30. The zero-order valence-corrected chi connectivity index (χ0v) is 19.7. The van der Waals surface area contributed by atoms with Crippen LogP contribution in [0.5, 0.6) is 0 Å². The lowest BCUT2D eigenvalue weighted by Gasteiger charge is -2.21. The van der Waals surface area contributed by atoms with E-state index >= 15 is 0 Å². The van der Waals surface area contributed by atoms with Crippen LogP contribution in [0, 0.1) is 0 Å². The third-order valence-electron chi connectivity index (χ3n) is 4.98. The summed E-state index contributed by atoms with van der Waals surface area (Å²) in [5.41, 5.74) is 0.907. The summed E-state index contributed by atoms with van der Waals surface area (Å²) in [7, 11) is 1.68. The van der Waals surface area contributed by atoms with Crippen LogP contribution in [-0.4, -0.2) is 37.0 Å². The monoisotopic (exact) mass is 467 g/mol. The molecule has 0 fully saturated rings. The Morgan fingerprint density at radius 1 is 1.33 bits per heavy atom. The molecule has 3 aromatic rings. The molecule has 0 aliphatic heterocycles. The number of Topliss-reactive ketones (excluding diaryl/α,β-unsaturated/α-hetero) is 1. The SMILES string of the molecule is C=CC/C=C\C(=C/C)n1c([C@H](C)Nc2ncnc(NC)c2C(C)=O)nn2ccc(Cl)c2c1=O. The second-order valence-corrected chi connectivity index (χ2v) is 7.62. The predicted octanol–water partition coefficient (Wildman–Crippen LogP) is 4.35. The van der Waals surface area contributed by atoms with Crippen molar-refractivity contribution in [3.8, 4) is 0 Å². The number of allylic oxidation sites excluding steroid dienone is 5. The zero-order valence-electron chi connectivity index (χ0n) is 19.0. The van der Waals surface area contributed by atoms with Crippen LogP contribution in [0.3, 0.4) is 0 Å². The molecule has 0 spiro atoms. The Hall–Kier alpha value is -3.72. The van der Waals surface area contributed by atoms with E-state index in [1.165, 1.54) is 22.3 Å². The van der Waals surface area contributed by atoms with Gasteiger partial charge in [0.05, 0.1) is 11.1 Å². The minimum atomic E-state index is -0.510. The van der Waals surface area contributed by atoms with Crippen LogP contribution in [-0.2, 0) is 0 Å². The summed E-state index contributed by atoms with van der Waals surface area (Å²) in [6.45, 7) is 8.84. The molecule has 33 heavy (non-hydrogen) atoms. The Balaban J connectivity index is 2.19. The highest BCUT2D eigenvalue weighted by molar-refractivity contribution is 6.33. The van der Waals surface area contributed by atoms with Crippen LogP contribution in [0.4, 0.5) is 11.6 Å². The van der Waals surface area contributed by atoms with Crippen LogP contribution in [0.1, 0.15) is 49.4 Å². The van der Waals surface area contributed by atoms with E-state index in [-0.39, 0.29) is 16.9 Å². The third kappa shape index (κ3) is 4.73. The van der Waals surface area contributed by atoms with Crippen molar-refractivity contribution in [1.29, 1.82) is 0 Å². The van der Waals surface area contributed by atoms with Crippen LogP contribution < -0.4 is 16.2 Å². The average Bonchev–Trinajstić information content (AvgIpc) is 3.17. The lowest BCUT2D eigenvalue weighted by atomic mass is 10.1. The maximum atomic E-state index is 13.5. The van der Waals surface area contributed by atoms with Crippen LogP contribution in [0.25, 0.3) is 11.2 Å². The molecule has 1 atom stereocenters. The topological polar surface area (TPSA) is 106 Å². The number of anilines is 2. The van der Waals surface area contributed by atoms with Gasteiger partial charge < -0.3 is 10.6 Å². The molecule has 0 aromatic carbocycles. The van der Waals surface area contributed by atoms with Crippen molar-refractivity contribution < 1.29 is 4.79 Å². The first-order valence-corrected chi connectivity index (χ1v) is 10.8. The number of halogens is 1. The first-order valence-electron chi connectivity index (χ1n) is 10.4. The van der Waals surface area contributed by atoms with Crippen molar-refractivity contribution in [3.05, 3.63) is 76.2 Å². The fourth-order valence-electron chi connectivity index (χ4n) is 3.45. The number of fused-ring (bicyclic) bond motifs is 1. The van der Waals surface area contributed by atoms with E-state index in [0.29, 0.717) is 40.2 Å². The molecular formula is C23H26ClN7O2. The van der Waals surface area contributed by atoms with Gasteiger partial charge in [-0.3, -0.25) is 14.2 Å². The van der Waals surface area contributed by atoms with Gasteiger partial charge in [0.25, 0.3) is 5.56 Å². The van der Waals surface area contributed by atoms with Crippen molar-refractivity contribution in [1.82, 2.24) is 24.1 Å². The van der Waals surface area contributed by atoms with Crippen LogP contribution in [0.2, 0.25) is 5.02 Å². The molecule has 0 bridgehead atoms. The Labute approximate surface area is 196 Å². The van der Waals surface area contributed by atoms with Gasteiger partial charge in [-0.2, -0.15) is 5.10 Å². The average molecular weight is 468 g/mol. The molecular weight excluding hydrogens is 442 g/mol. The summed E-state index contributed by atoms with van der Waals surface area (Å²) >= 11 is 6.27. The maximum absolute atomic E-state index is 13.5. The second-order valence-electron chi connectivity index (χ2n) is 7.21. The summed E-state index contributed by atoms with van der Waals surface area (Å²) < 4.78 is 2.96. The fraction of sp³-hybridized carbons (Fsp3) is 0.261. The number of nitrogens with one attached hydrogen (secondary N) is 2. The molecule has 0 unspecified atom stereocenters. The van der Waals surface area contributed by atoms with Crippen molar-refractivity contribution in [2.75, 3.05) is 17.7 Å². The lowest BCUT2D eigenvalue weighted by molar-refractivity contribution is 0.101. The first-order chi connectivity index (χ1) is 15.8. The molecule has 3 aromatic heterocycles. The Kier molecular flexibility index (Phi) is 7.44. The Morgan fingerprint density at radius 3 is 2.70 bits per heavy atom. The molecule has 9 nitrogen and oxygen atoms in total. The first kappa shape index (κ1) is 23.9. The van der Waals surface area contributed by atoms with Crippen molar-refractivity contribution in [2.45, 2.75) is 33.2 Å². The Morgan fingerprint density at radius 2 is 2.06 bits per heavy atom. The minimum absolute atomic E-state index is 0.200. The van der Waals surface area contributed by atoms with E-state index in [2.05, 4.69) is 32.3 Å². The van der Waals surface area contributed by atoms with Crippen LogP contribution in [0.15, 0.2) is 54.3 Å². The van der Waals surface area contributed by atoms with Gasteiger partial charge >= 0.3 is 0 Å². The zero-order chi connectivity index (χ0) is 24.1. The fourth-order valence-corrected chi connectivity index (χ4v) is 3.67. The molecule has 0 saturated heterocycles. The van der Waals surface area contributed by atoms with Gasteiger partial charge in [0.2, 0.25) is 0 Å². The van der Waals surface area contributed by atoms with Gasteiger partial charge in [-0.25, -0.2) is 14.5 Å². The molecule has 0 saturated carbocycles. The summed E-state index contributed by atoms with van der Waals surface area (Å²) in [5, 5.41) is 11.1. The molecule has 3 heterocycles. The highest BCUT2D eigenvalue weighted by atomic mass is 35.5. The number of rotatable bonds is 9. The number of hydrogen-bond donors (Lipinski definition) is 2. The molecule has 0 aliphatic rings. The van der Waals surface area contributed by atoms with Gasteiger partial charge in [-0.05, 0) is 39.3 Å². The molecule has 172 valence electrons. The number of hydrogen-bond acceptors (Lipinski definition) is 7. The number of nitrogens with zero attached hydrogens (tertiary/aromatic N) is 5. The quantitative estimate of drug-likeness (QED) is 0.273. The highest BCUT2D eigenvalue weighted by Gasteiger charge is 2.23. The smallest absolute Gasteiger partial charge is 0.284 e. The molecule has 0 aliphatic carbocycles. The standard InChI is InChI=1S/C23H26ClN7O2/c1-6-8-9-10-16(7-2)31-22(29-30-12-11-17(24)19(30)23(31)33)14(3)28-21-18(15(4)32)20(25-5)26-13-27-21/h6-7,9-14H,1,8H2,2-5H3,(H2,25,26,27,28)/b10-9-,16-7+/t14-/m0/s1. The number of carbonyl (C=O) groups excluding carboxylic acids is 1. The number of carbonyl (C=O) groups is 1. The summed E-state index contributed by atoms with van der Waals surface area (Å²) in [4.78, 5) is 34.2. The van der Waals surface area contributed by atoms with E-state index < -0.39 is 6.04 Å². The molecule has 2 N–H and O–H groups in total. The molecule has 0 radical (unpaired) electrons. The summed E-state index contributed by atoms with van der Waals surface area (Å²) in [6.07, 6.45) is 11.0. The minimum Gasteiger partial charge on any atom is -0.372 e. The summed E-state index contributed by atoms with van der Waals surface area (Å²) in [5.74, 6) is 0.959. The van der Waals surface area contributed by atoms with Gasteiger partial charge in [0.1, 0.15) is 29.0 Å². The van der Waals surface area contributed by atoms with E-state index in [9.17, 15) is 9.59 Å². The van der Waals surface area contributed by atoms with E-state index in [0.717, 1.165) is 0 Å². The van der Waals surface area contributed by atoms with E-state index in [4.69, 9.17) is 11.6 Å². The molecule has 3 rings (SSSR count). The normalized spacial score (nSPS) is 12.8.